The molecule has 0 aliphatic rings. The maximum atomic E-state index is 11.9. The van der Waals surface area contributed by atoms with Crippen LogP contribution in [-0.2, 0) is 15.6 Å². The normalized spacial score (nSPS) is 12.4. The predicted octanol–water partition coefficient (Wildman–Crippen LogP) is 1.49. The molecule has 1 heterocycles. The summed E-state index contributed by atoms with van der Waals surface area (Å²) in [5.74, 6) is -1.26. The van der Waals surface area contributed by atoms with E-state index in [2.05, 4.69) is 4.98 Å². The van der Waals surface area contributed by atoms with E-state index < -0.39 is 20.6 Å². The van der Waals surface area contributed by atoms with Gasteiger partial charge in [-0.05, 0) is 32.9 Å². The average Bonchev–Trinajstić information content (AvgIpc) is 2.16. The van der Waals surface area contributed by atoms with E-state index >= 15 is 0 Å². The third kappa shape index (κ3) is 3.26. The largest absolute Gasteiger partial charge is 0.478 e. The van der Waals surface area contributed by atoms with Gasteiger partial charge < -0.3 is 5.11 Å². The molecule has 0 aliphatic heterocycles. The van der Waals surface area contributed by atoms with E-state index in [-0.39, 0.29) is 11.3 Å². The van der Waals surface area contributed by atoms with E-state index in [4.69, 9.17) is 5.11 Å². The molecule has 0 fully saturated rings. The zero-order valence-corrected chi connectivity index (χ0v) is 10.8. The summed E-state index contributed by atoms with van der Waals surface area (Å²) in [7, 11) is -3.29. The Bertz CT molecular complexity index is 511. The maximum absolute atomic E-state index is 11.9. The van der Waals surface area contributed by atoms with Crippen molar-refractivity contribution in [3.05, 3.63) is 29.6 Å². The summed E-state index contributed by atoms with van der Waals surface area (Å²) >= 11 is 0. The van der Waals surface area contributed by atoms with Gasteiger partial charge in [-0.3, -0.25) is 4.98 Å². The van der Waals surface area contributed by atoms with Crippen LogP contribution < -0.4 is 0 Å². The van der Waals surface area contributed by atoms with Gasteiger partial charge in [-0.1, -0.05) is 0 Å². The number of rotatable bonds is 3. The SMILES string of the molecule is CC(C)(C)S(=O)(=O)Cc1ccc(C(=O)O)cn1. The van der Waals surface area contributed by atoms with Crippen molar-refractivity contribution < 1.29 is 18.3 Å². The van der Waals surface area contributed by atoms with Crippen LogP contribution in [0.15, 0.2) is 18.3 Å². The van der Waals surface area contributed by atoms with Crippen LogP contribution in [0.4, 0.5) is 0 Å². The van der Waals surface area contributed by atoms with Gasteiger partial charge in [0.15, 0.2) is 9.84 Å². The number of aromatic carboxylic acids is 1. The molecular weight excluding hydrogens is 242 g/mol. The molecule has 1 N–H and O–H groups in total. The molecule has 0 saturated carbocycles. The van der Waals surface area contributed by atoms with Crippen molar-refractivity contribution >= 4 is 15.8 Å². The molecule has 1 aromatic rings. The molecule has 1 aromatic heterocycles. The summed E-state index contributed by atoms with van der Waals surface area (Å²) in [6, 6.07) is 2.77. The van der Waals surface area contributed by atoms with Gasteiger partial charge in [0, 0.05) is 6.20 Å². The Morgan fingerprint density at radius 1 is 1.35 bits per heavy atom. The standard InChI is InChI=1S/C11H15NO4S/c1-11(2,3)17(15,16)7-9-5-4-8(6-12-9)10(13)14/h4-6H,7H2,1-3H3,(H,13,14). The van der Waals surface area contributed by atoms with Gasteiger partial charge in [-0.15, -0.1) is 0 Å². The van der Waals surface area contributed by atoms with E-state index in [1.54, 1.807) is 20.8 Å². The Balaban J connectivity index is 2.95. The van der Waals surface area contributed by atoms with Crippen LogP contribution in [0.2, 0.25) is 0 Å². The van der Waals surface area contributed by atoms with Crippen molar-refractivity contribution in [2.45, 2.75) is 31.3 Å². The number of sulfone groups is 1. The molecule has 1 rings (SSSR count). The Morgan fingerprint density at radius 3 is 2.29 bits per heavy atom. The highest BCUT2D eigenvalue weighted by molar-refractivity contribution is 7.91. The predicted molar refractivity (Wildman–Crippen MR) is 63.6 cm³/mol. The van der Waals surface area contributed by atoms with Crippen molar-refractivity contribution in [2.75, 3.05) is 0 Å². The number of carboxylic acid groups (broad SMARTS) is 1. The third-order valence-corrected chi connectivity index (χ3v) is 4.88. The van der Waals surface area contributed by atoms with Gasteiger partial charge in [0.2, 0.25) is 0 Å². The number of hydrogen-bond acceptors (Lipinski definition) is 4. The first-order valence-electron chi connectivity index (χ1n) is 5.04. The topological polar surface area (TPSA) is 84.3 Å². The van der Waals surface area contributed by atoms with Crippen molar-refractivity contribution in [3.8, 4) is 0 Å². The Morgan fingerprint density at radius 2 is 1.94 bits per heavy atom. The highest BCUT2D eigenvalue weighted by atomic mass is 32.2. The van der Waals surface area contributed by atoms with Crippen molar-refractivity contribution in [1.82, 2.24) is 4.98 Å². The quantitative estimate of drug-likeness (QED) is 0.886. The molecular formula is C11H15NO4S. The average molecular weight is 257 g/mol. The minimum Gasteiger partial charge on any atom is -0.478 e. The monoisotopic (exact) mass is 257 g/mol. The summed E-state index contributed by atoms with van der Waals surface area (Å²) in [4.78, 5) is 14.4. The van der Waals surface area contributed by atoms with Crippen LogP contribution in [-0.4, -0.2) is 29.2 Å². The number of pyridine rings is 1. The van der Waals surface area contributed by atoms with Crippen LogP contribution >= 0.6 is 0 Å². The molecule has 0 atom stereocenters. The zero-order valence-electron chi connectivity index (χ0n) is 9.97. The number of aromatic nitrogens is 1. The van der Waals surface area contributed by atoms with Crippen molar-refractivity contribution in [3.63, 3.8) is 0 Å². The van der Waals surface area contributed by atoms with Gasteiger partial charge in [-0.2, -0.15) is 0 Å². The van der Waals surface area contributed by atoms with E-state index in [1.807, 2.05) is 0 Å². The highest BCUT2D eigenvalue weighted by Gasteiger charge is 2.29. The Kier molecular flexibility index (Phi) is 3.56. The molecule has 5 nitrogen and oxygen atoms in total. The highest BCUT2D eigenvalue weighted by Crippen LogP contribution is 2.19. The van der Waals surface area contributed by atoms with E-state index in [0.29, 0.717) is 5.69 Å². The third-order valence-electron chi connectivity index (χ3n) is 2.34. The molecule has 17 heavy (non-hydrogen) atoms. The lowest BCUT2D eigenvalue weighted by molar-refractivity contribution is 0.0696. The molecule has 0 radical (unpaired) electrons. The lowest BCUT2D eigenvalue weighted by Gasteiger charge is -2.18. The van der Waals surface area contributed by atoms with Crippen LogP contribution in [0.25, 0.3) is 0 Å². The first kappa shape index (κ1) is 13.6. The van der Waals surface area contributed by atoms with Crippen molar-refractivity contribution in [1.29, 1.82) is 0 Å². The smallest absolute Gasteiger partial charge is 0.337 e. The van der Waals surface area contributed by atoms with Gasteiger partial charge in [0.25, 0.3) is 0 Å². The Hall–Kier alpha value is -1.43. The molecule has 0 aliphatic carbocycles. The van der Waals surface area contributed by atoms with Crippen LogP contribution in [0.3, 0.4) is 0 Å². The van der Waals surface area contributed by atoms with Gasteiger partial charge in [-0.25, -0.2) is 13.2 Å². The second-order valence-corrected chi connectivity index (χ2v) is 7.46. The summed E-state index contributed by atoms with van der Waals surface area (Å²) in [6.07, 6.45) is 1.16. The first-order chi connectivity index (χ1) is 7.63. The fraction of sp³-hybridized carbons (Fsp3) is 0.455. The number of carboxylic acids is 1. The second kappa shape index (κ2) is 4.44. The molecule has 0 saturated heterocycles. The van der Waals surface area contributed by atoms with E-state index in [9.17, 15) is 13.2 Å². The van der Waals surface area contributed by atoms with Crippen LogP contribution in [0.5, 0.6) is 0 Å². The summed E-state index contributed by atoms with van der Waals surface area (Å²) in [6.45, 7) is 4.86. The summed E-state index contributed by atoms with van der Waals surface area (Å²) in [5, 5.41) is 8.68. The maximum Gasteiger partial charge on any atom is 0.337 e. The summed E-state index contributed by atoms with van der Waals surface area (Å²) < 4.78 is 22.9. The molecule has 0 amide bonds. The Labute approximate surface area is 100 Å². The van der Waals surface area contributed by atoms with E-state index in [0.717, 1.165) is 6.20 Å². The minimum absolute atomic E-state index is 0.0434. The van der Waals surface area contributed by atoms with Crippen LogP contribution in [0.1, 0.15) is 36.8 Å². The minimum atomic E-state index is -3.29. The van der Waals surface area contributed by atoms with Gasteiger partial charge in [0.05, 0.1) is 21.8 Å². The van der Waals surface area contributed by atoms with E-state index in [1.165, 1.54) is 12.1 Å². The molecule has 0 bridgehead atoms. The lowest BCUT2D eigenvalue weighted by atomic mass is 10.2. The number of hydrogen-bond donors (Lipinski definition) is 1. The van der Waals surface area contributed by atoms with Gasteiger partial charge >= 0.3 is 5.97 Å². The number of nitrogens with zero attached hydrogens (tertiary/aromatic N) is 1. The molecule has 0 unspecified atom stereocenters. The molecule has 6 heteroatoms. The van der Waals surface area contributed by atoms with Crippen LogP contribution in [0, 0.1) is 0 Å². The molecule has 0 aromatic carbocycles. The fourth-order valence-corrected chi connectivity index (χ4v) is 2.04. The zero-order chi connectivity index (χ0) is 13.3. The first-order valence-corrected chi connectivity index (χ1v) is 6.69. The second-order valence-electron chi connectivity index (χ2n) is 4.71. The lowest BCUT2D eigenvalue weighted by Crippen LogP contribution is -2.29. The summed E-state index contributed by atoms with van der Waals surface area (Å²) in [5.41, 5.74) is 0.395. The molecule has 94 valence electrons. The van der Waals surface area contributed by atoms with Gasteiger partial charge in [0.1, 0.15) is 0 Å². The van der Waals surface area contributed by atoms with Crippen molar-refractivity contribution in [2.24, 2.45) is 0 Å². The molecule has 0 spiro atoms. The fourth-order valence-electron chi connectivity index (χ4n) is 1.05. The number of carbonyl (C=O) groups is 1.